The van der Waals surface area contributed by atoms with Gasteiger partial charge in [0.1, 0.15) is 18.8 Å². The molecule has 5 heteroatoms. The second-order valence-electron chi connectivity index (χ2n) is 12.1. The third-order valence-corrected chi connectivity index (χ3v) is 7.97. The summed E-state index contributed by atoms with van der Waals surface area (Å²) in [6.45, 7) is 4.15. The summed E-state index contributed by atoms with van der Waals surface area (Å²) in [6.07, 6.45) is 35.1. The summed E-state index contributed by atoms with van der Waals surface area (Å²) in [7, 11) is 0. The summed E-state index contributed by atoms with van der Waals surface area (Å²) in [6, 6.07) is 0. The average Bonchev–Trinajstić information content (AvgIpc) is 2.99. The summed E-state index contributed by atoms with van der Waals surface area (Å²) in [5.41, 5.74) is 0. The molecule has 1 unspecified atom stereocenters. The van der Waals surface area contributed by atoms with Crippen molar-refractivity contribution in [2.24, 2.45) is 0 Å². The van der Waals surface area contributed by atoms with Gasteiger partial charge in [0.15, 0.2) is 5.78 Å². The van der Waals surface area contributed by atoms with E-state index < -0.39 is 12.2 Å². The molecule has 42 heavy (non-hydrogen) atoms. The topological polar surface area (TPSA) is 83.8 Å². The number of carbonyl (C=O) groups excluding carboxylic acids is 2. The molecular formula is C37H68O5. The Morgan fingerprint density at radius 1 is 0.548 bits per heavy atom. The predicted octanol–water partition coefficient (Wildman–Crippen LogP) is 10.1. The van der Waals surface area contributed by atoms with E-state index in [2.05, 4.69) is 38.2 Å². The highest BCUT2D eigenvalue weighted by Crippen LogP contribution is 2.14. The van der Waals surface area contributed by atoms with Gasteiger partial charge in [-0.25, -0.2) is 0 Å². The third-order valence-electron chi connectivity index (χ3n) is 7.97. The molecule has 0 aromatic heterocycles. The van der Waals surface area contributed by atoms with Crippen LogP contribution in [0.1, 0.15) is 181 Å². The van der Waals surface area contributed by atoms with Gasteiger partial charge in [0.05, 0.1) is 0 Å². The number of unbranched alkanes of at least 4 members (excludes halogenated alkanes) is 20. The molecule has 0 aliphatic carbocycles. The SMILES string of the molecule is CCCCC/C=C\C/C=C\CCCCCCCC(=O)OC[C@H](O)C(O)C(=O)CCCCCCCCCCCCCCC. The minimum atomic E-state index is -1.48. The summed E-state index contributed by atoms with van der Waals surface area (Å²) in [4.78, 5) is 24.2. The number of esters is 1. The van der Waals surface area contributed by atoms with Gasteiger partial charge in [-0.2, -0.15) is 0 Å². The Balaban J connectivity index is 3.60. The number of rotatable bonds is 32. The molecule has 2 atom stereocenters. The van der Waals surface area contributed by atoms with Crippen molar-refractivity contribution in [1.29, 1.82) is 0 Å². The molecule has 246 valence electrons. The van der Waals surface area contributed by atoms with Crippen LogP contribution >= 0.6 is 0 Å². The highest BCUT2D eigenvalue weighted by Gasteiger charge is 2.24. The lowest BCUT2D eigenvalue weighted by Gasteiger charge is -2.16. The fraction of sp³-hybridized carbons (Fsp3) is 0.838. The van der Waals surface area contributed by atoms with E-state index in [4.69, 9.17) is 4.74 Å². The molecule has 0 saturated heterocycles. The van der Waals surface area contributed by atoms with Crippen LogP contribution in [0.15, 0.2) is 24.3 Å². The van der Waals surface area contributed by atoms with Gasteiger partial charge in [0, 0.05) is 12.8 Å². The van der Waals surface area contributed by atoms with E-state index >= 15 is 0 Å². The molecule has 0 radical (unpaired) electrons. The van der Waals surface area contributed by atoms with E-state index in [1.165, 1.54) is 96.3 Å². The van der Waals surface area contributed by atoms with Crippen LogP contribution in [0.5, 0.6) is 0 Å². The van der Waals surface area contributed by atoms with Gasteiger partial charge in [-0.3, -0.25) is 9.59 Å². The minimum Gasteiger partial charge on any atom is -0.463 e. The number of aliphatic hydroxyl groups excluding tert-OH is 2. The number of hydrogen-bond donors (Lipinski definition) is 2. The number of aliphatic hydroxyl groups is 2. The third kappa shape index (κ3) is 28.6. The van der Waals surface area contributed by atoms with E-state index in [0.29, 0.717) is 6.42 Å². The maximum atomic E-state index is 12.2. The first-order valence-electron chi connectivity index (χ1n) is 17.9. The van der Waals surface area contributed by atoms with E-state index in [0.717, 1.165) is 57.8 Å². The molecule has 0 saturated carbocycles. The number of allylic oxidation sites excluding steroid dienone is 4. The van der Waals surface area contributed by atoms with Crippen LogP contribution in [-0.4, -0.2) is 40.8 Å². The number of ketones is 1. The first kappa shape index (κ1) is 40.5. The van der Waals surface area contributed by atoms with Crippen molar-refractivity contribution in [3.05, 3.63) is 24.3 Å². The van der Waals surface area contributed by atoms with E-state index in [9.17, 15) is 19.8 Å². The summed E-state index contributed by atoms with van der Waals surface area (Å²) in [5.74, 6) is -0.744. The predicted molar refractivity (Wildman–Crippen MR) is 178 cm³/mol. The molecule has 0 heterocycles. The lowest BCUT2D eigenvalue weighted by molar-refractivity contribution is -0.152. The summed E-state index contributed by atoms with van der Waals surface area (Å²) in [5, 5.41) is 20.2. The molecule has 0 aromatic carbocycles. The zero-order valence-electron chi connectivity index (χ0n) is 27.7. The van der Waals surface area contributed by atoms with Crippen molar-refractivity contribution in [2.75, 3.05) is 6.61 Å². The van der Waals surface area contributed by atoms with Crippen molar-refractivity contribution in [3.63, 3.8) is 0 Å². The first-order chi connectivity index (χ1) is 20.5. The van der Waals surface area contributed by atoms with Crippen LogP contribution in [0, 0.1) is 0 Å². The highest BCUT2D eigenvalue weighted by atomic mass is 16.5. The largest absolute Gasteiger partial charge is 0.463 e. The normalized spacial score (nSPS) is 13.2. The summed E-state index contributed by atoms with van der Waals surface area (Å²) < 4.78 is 5.10. The van der Waals surface area contributed by atoms with Crippen molar-refractivity contribution in [2.45, 2.75) is 193 Å². The zero-order chi connectivity index (χ0) is 30.9. The van der Waals surface area contributed by atoms with Gasteiger partial charge >= 0.3 is 5.97 Å². The van der Waals surface area contributed by atoms with Crippen molar-refractivity contribution < 1.29 is 24.5 Å². The van der Waals surface area contributed by atoms with E-state index in [1.54, 1.807) is 0 Å². The van der Waals surface area contributed by atoms with E-state index in [-0.39, 0.29) is 24.8 Å². The molecule has 0 amide bonds. The van der Waals surface area contributed by atoms with Crippen molar-refractivity contribution >= 4 is 11.8 Å². The van der Waals surface area contributed by atoms with Crippen molar-refractivity contribution in [1.82, 2.24) is 0 Å². The van der Waals surface area contributed by atoms with Crippen LogP contribution < -0.4 is 0 Å². The van der Waals surface area contributed by atoms with Crippen LogP contribution in [0.2, 0.25) is 0 Å². The quantitative estimate of drug-likeness (QED) is 0.0461. The average molecular weight is 593 g/mol. The Kier molecular flexibility index (Phi) is 31.3. The van der Waals surface area contributed by atoms with Gasteiger partial charge in [0.25, 0.3) is 0 Å². The van der Waals surface area contributed by atoms with E-state index in [1.807, 2.05) is 0 Å². The number of carbonyl (C=O) groups is 2. The second-order valence-corrected chi connectivity index (χ2v) is 12.1. The maximum absolute atomic E-state index is 12.2. The molecule has 0 fully saturated rings. The Labute approximate surface area is 260 Å². The fourth-order valence-electron chi connectivity index (χ4n) is 5.10. The fourth-order valence-corrected chi connectivity index (χ4v) is 5.10. The van der Waals surface area contributed by atoms with Gasteiger partial charge < -0.3 is 14.9 Å². The van der Waals surface area contributed by atoms with Crippen LogP contribution in [0.4, 0.5) is 0 Å². The Morgan fingerprint density at radius 3 is 1.48 bits per heavy atom. The second kappa shape index (κ2) is 32.5. The standard InChI is InChI=1S/C37H68O5/c1-3-5-7-9-11-13-15-17-18-20-22-24-26-28-30-32-36(40)42-33-35(39)37(41)34(38)31-29-27-25-23-21-19-16-14-12-10-8-6-4-2/h11,13,17-18,35,37,39,41H,3-10,12,14-16,19-33H2,1-2H3/b13-11-,18-17-/t35-,37?/m0/s1. The molecule has 0 aromatic rings. The number of hydrogen-bond acceptors (Lipinski definition) is 5. The maximum Gasteiger partial charge on any atom is 0.305 e. The molecular weight excluding hydrogens is 524 g/mol. The minimum absolute atomic E-state index is 0.260. The lowest BCUT2D eigenvalue weighted by atomic mass is 10.0. The van der Waals surface area contributed by atoms with Crippen LogP contribution in [0.3, 0.4) is 0 Å². The van der Waals surface area contributed by atoms with Gasteiger partial charge in [-0.15, -0.1) is 0 Å². The lowest BCUT2D eigenvalue weighted by Crippen LogP contribution is -2.37. The molecule has 0 bridgehead atoms. The highest BCUT2D eigenvalue weighted by molar-refractivity contribution is 5.83. The zero-order valence-corrected chi connectivity index (χ0v) is 27.7. The number of ether oxygens (including phenoxy) is 1. The number of Topliss-reactive ketones (excluding diaryl/α,β-unsaturated/α-hetero) is 1. The van der Waals surface area contributed by atoms with Crippen LogP contribution in [-0.2, 0) is 14.3 Å². The van der Waals surface area contributed by atoms with Gasteiger partial charge in [-0.1, -0.05) is 147 Å². The molecule has 0 spiro atoms. The molecule has 0 rings (SSSR count). The summed E-state index contributed by atoms with van der Waals surface area (Å²) >= 11 is 0. The Hall–Kier alpha value is -1.46. The van der Waals surface area contributed by atoms with Gasteiger partial charge in [0.2, 0.25) is 0 Å². The molecule has 5 nitrogen and oxygen atoms in total. The van der Waals surface area contributed by atoms with Crippen molar-refractivity contribution in [3.8, 4) is 0 Å². The molecule has 2 N–H and O–H groups in total. The first-order valence-corrected chi connectivity index (χ1v) is 17.9. The Morgan fingerprint density at radius 2 is 0.952 bits per heavy atom. The smallest absolute Gasteiger partial charge is 0.305 e. The molecule has 0 aliphatic heterocycles. The monoisotopic (exact) mass is 593 g/mol. The van der Waals surface area contributed by atoms with Crippen LogP contribution in [0.25, 0.3) is 0 Å². The van der Waals surface area contributed by atoms with Gasteiger partial charge in [-0.05, 0) is 44.9 Å². The Bertz CT molecular complexity index is 657. The molecule has 0 aliphatic rings.